The van der Waals surface area contributed by atoms with Crippen molar-refractivity contribution in [2.75, 3.05) is 0 Å². The van der Waals surface area contributed by atoms with Crippen LogP contribution in [0.2, 0.25) is 0 Å². The van der Waals surface area contributed by atoms with E-state index in [9.17, 15) is 4.79 Å². The highest BCUT2D eigenvalue weighted by molar-refractivity contribution is 6.61. The summed E-state index contributed by atoms with van der Waals surface area (Å²) in [4.78, 5) is 10.2. The predicted molar refractivity (Wildman–Crippen MR) is 46.4 cm³/mol. The van der Waals surface area contributed by atoms with Crippen molar-refractivity contribution in [3.63, 3.8) is 0 Å². The third kappa shape index (κ3) is 7.47. The largest absolute Gasteiger partial charge is 0.556 e. The summed E-state index contributed by atoms with van der Waals surface area (Å²) in [6, 6.07) is -0.970. The van der Waals surface area contributed by atoms with Crippen LogP contribution in [0.25, 0.3) is 0 Å². The maximum Gasteiger partial charge on any atom is 0.395 e. The van der Waals surface area contributed by atoms with Crippen LogP contribution in [-0.4, -0.2) is 38.9 Å². The molecular weight excluding hydrogens is 177 g/mol. The van der Waals surface area contributed by atoms with Crippen molar-refractivity contribution in [2.45, 2.75) is 18.9 Å². The third-order valence-electron chi connectivity index (χ3n) is 1.36. The zero-order chi connectivity index (χ0) is 10.5. The number of hydrogen-bond acceptors (Lipinski definition) is 5. The molecule has 1 unspecified atom stereocenters. The standard InChI is InChI=1S/C6H13BNO5/c8-5(6(9)10)3-1-2-4-7(11,12)13/h2,4-5,11-13H,1,3,8H2,(H,9,10)/q-1. The van der Waals surface area contributed by atoms with Crippen molar-refractivity contribution in [2.24, 2.45) is 5.73 Å². The van der Waals surface area contributed by atoms with Crippen molar-refractivity contribution < 1.29 is 25.0 Å². The topological polar surface area (TPSA) is 124 Å². The van der Waals surface area contributed by atoms with E-state index in [4.69, 9.17) is 25.9 Å². The smallest absolute Gasteiger partial charge is 0.395 e. The number of nitrogens with two attached hydrogens (primary N) is 1. The Kier molecular flexibility index (Phi) is 4.64. The summed E-state index contributed by atoms with van der Waals surface area (Å²) in [5.41, 5.74) is 5.15. The fourth-order valence-electron chi connectivity index (χ4n) is 0.678. The van der Waals surface area contributed by atoms with Crippen LogP contribution in [0.4, 0.5) is 0 Å². The average molecular weight is 190 g/mol. The lowest BCUT2D eigenvalue weighted by Gasteiger charge is -2.14. The van der Waals surface area contributed by atoms with Crippen LogP contribution >= 0.6 is 0 Å². The minimum Gasteiger partial charge on any atom is -0.556 e. The predicted octanol–water partition coefficient (Wildman–Crippen LogP) is -1.81. The van der Waals surface area contributed by atoms with Gasteiger partial charge in [-0.3, -0.25) is 4.79 Å². The highest BCUT2D eigenvalue weighted by Gasteiger charge is 2.11. The number of allylic oxidation sites excluding steroid dienone is 1. The number of aliphatic carboxylic acids is 1. The van der Waals surface area contributed by atoms with E-state index in [2.05, 4.69) is 0 Å². The average Bonchev–Trinajstić information content (AvgIpc) is 1.95. The molecule has 76 valence electrons. The number of hydrogen-bond donors (Lipinski definition) is 5. The van der Waals surface area contributed by atoms with Gasteiger partial charge in [0.2, 0.25) is 0 Å². The van der Waals surface area contributed by atoms with Gasteiger partial charge in [-0.05, 0) is 12.8 Å². The lowest BCUT2D eigenvalue weighted by Crippen LogP contribution is -2.32. The van der Waals surface area contributed by atoms with E-state index in [1.54, 1.807) is 0 Å². The molecule has 0 radical (unpaired) electrons. The monoisotopic (exact) mass is 190 g/mol. The molecule has 6 nitrogen and oxygen atoms in total. The van der Waals surface area contributed by atoms with Crippen molar-refractivity contribution in [3.05, 3.63) is 12.1 Å². The number of carbonyl (C=O) groups is 1. The summed E-state index contributed by atoms with van der Waals surface area (Å²) in [6.07, 6.45) is 1.71. The van der Waals surface area contributed by atoms with Gasteiger partial charge in [0, 0.05) is 0 Å². The SMILES string of the molecule is NC(CCC=C[B-](O)(O)O)C(=O)O. The molecule has 0 aliphatic carbocycles. The molecule has 13 heavy (non-hydrogen) atoms. The summed E-state index contributed by atoms with van der Waals surface area (Å²) in [5.74, 6) is -0.309. The second-order valence-corrected chi connectivity index (χ2v) is 2.74. The molecule has 0 amide bonds. The fourth-order valence-corrected chi connectivity index (χ4v) is 0.678. The quantitative estimate of drug-likeness (QED) is 0.325. The Morgan fingerprint density at radius 2 is 2.00 bits per heavy atom. The molecule has 0 aliphatic heterocycles. The van der Waals surface area contributed by atoms with Gasteiger partial charge in [-0.15, -0.1) is 6.08 Å². The molecule has 0 saturated carbocycles. The van der Waals surface area contributed by atoms with Gasteiger partial charge >= 0.3 is 12.7 Å². The summed E-state index contributed by atoms with van der Waals surface area (Å²) < 4.78 is 0. The Bertz CT molecular complexity index is 200. The molecule has 0 bridgehead atoms. The molecule has 1 atom stereocenters. The first kappa shape index (κ1) is 12.1. The van der Waals surface area contributed by atoms with Crippen LogP contribution < -0.4 is 5.73 Å². The molecule has 6 N–H and O–H groups in total. The first-order valence-electron chi connectivity index (χ1n) is 3.81. The van der Waals surface area contributed by atoms with Crippen LogP contribution in [0, 0.1) is 0 Å². The van der Waals surface area contributed by atoms with E-state index in [0.717, 1.165) is 5.98 Å². The zero-order valence-electron chi connectivity index (χ0n) is 7.00. The molecule has 0 aromatic carbocycles. The molecule has 0 aromatic heterocycles. The van der Waals surface area contributed by atoms with Gasteiger partial charge in [0.25, 0.3) is 0 Å². The van der Waals surface area contributed by atoms with Gasteiger partial charge in [0.1, 0.15) is 6.04 Å². The summed E-state index contributed by atoms with van der Waals surface area (Å²) in [6.45, 7) is -3.42. The maximum absolute atomic E-state index is 10.2. The van der Waals surface area contributed by atoms with Gasteiger partial charge in [0.15, 0.2) is 0 Å². The molecule has 0 saturated heterocycles. The number of carboxylic acids is 1. The van der Waals surface area contributed by atoms with E-state index >= 15 is 0 Å². The Labute approximate surface area is 75.3 Å². The second-order valence-electron chi connectivity index (χ2n) is 2.74. The van der Waals surface area contributed by atoms with E-state index in [1.807, 2.05) is 0 Å². The second kappa shape index (κ2) is 4.98. The van der Waals surface area contributed by atoms with Crippen molar-refractivity contribution >= 4 is 12.7 Å². The van der Waals surface area contributed by atoms with E-state index in [0.29, 0.717) is 0 Å². The van der Waals surface area contributed by atoms with Crippen LogP contribution in [0.3, 0.4) is 0 Å². The fraction of sp³-hybridized carbons (Fsp3) is 0.500. The zero-order valence-corrected chi connectivity index (χ0v) is 7.00. The number of rotatable bonds is 5. The van der Waals surface area contributed by atoms with Gasteiger partial charge in [-0.25, -0.2) is 0 Å². The van der Waals surface area contributed by atoms with Crippen molar-refractivity contribution in [3.8, 4) is 0 Å². The summed E-state index contributed by atoms with van der Waals surface area (Å²) in [5, 5.41) is 33.6. The van der Waals surface area contributed by atoms with Crippen molar-refractivity contribution in [1.82, 2.24) is 0 Å². The van der Waals surface area contributed by atoms with Crippen LogP contribution in [-0.2, 0) is 4.79 Å². The summed E-state index contributed by atoms with van der Waals surface area (Å²) >= 11 is 0. The normalized spacial score (nSPS) is 14.8. The third-order valence-corrected chi connectivity index (χ3v) is 1.36. The Morgan fingerprint density at radius 1 is 1.46 bits per heavy atom. The minimum absolute atomic E-state index is 0.179. The Hall–Kier alpha value is -0.885. The lowest BCUT2D eigenvalue weighted by atomic mass is 9.80. The van der Waals surface area contributed by atoms with Crippen LogP contribution in [0.5, 0.6) is 0 Å². The lowest BCUT2D eigenvalue weighted by molar-refractivity contribution is -0.138. The highest BCUT2D eigenvalue weighted by atomic mass is 16.5. The molecule has 0 fully saturated rings. The van der Waals surface area contributed by atoms with E-state index < -0.39 is 18.8 Å². The molecule has 0 heterocycles. The maximum atomic E-state index is 10.2. The molecule has 0 aromatic rings. The number of carboxylic acid groups (broad SMARTS) is 1. The molecule has 0 aliphatic rings. The Balaban J connectivity index is 3.68. The highest BCUT2D eigenvalue weighted by Crippen LogP contribution is 1.98. The van der Waals surface area contributed by atoms with Crippen LogP contribution in [0.15, 0.2) is 12.1 Å². The molecular formula is C6H13BNO5-. The van der Waals surface area contributed by atoms with Gasteiger partial charge in [-0.1, -0.05) is 0 Å². The van der Waals surface area contributed by atoms with Gasteiger partial charge in [-0.2, -0.15) is 5.98 Å². The first-order chi connectivity index (χ1) is 5.83. The molecule has 7 heteroatoms. The van der Waals surface area contributed by atoms with E-state index in [1.165, 1.54) is 6.08 Å². The molecule has 0 rings (SSSR count). The van der Waals surface area contributed by atoms with Gasteiger partial charge in [0.05, 0.1) is 0 Å². The minimum atomic E-state index is -3.42. The Morgan fingerprint density at radius 3 is 2.38 bits per heavy atom. The van der Waals surface area contributed by atoms with Gasteiger partial charge < -0.3 is 25.9 Å². The van der Waals surface area contributed by atoms with E-state index in [-0.39, 0.29) is 12.8 Å². The molecule has 0 spiro atoms. The first-order valence-corrected chi connectivity index (χ1v) is 3.81. The van der Waals surface area contributed by atoms with Crippen LogP contribution in [0.1, 0.15) is 12.8 Å². The van der Waals surface area contributed by atoms with Crippen molar-refractivity contribution in [1.29, 1.82) is 0 Å². The summed E-state index contributed by atoms with van der Waals surface area (Å²) in [7, 11) is 0.